The van der Waals surface area contributed by atoms with E-state index in [1.807, 2.05) is 40.1 Å². The number of hydrogen-bond donors (Lipinski definition) is 0. The molecule has 180 valence electrons. The molecule has 6 nitrogen and oxygen atoms in total. The molecule has 0 saturated carbocycles. The summed E-state index contributed by atoms with van der Waals surface area (Å²) in [4.78, 5) is 42.0. The first-order valence-corrected chi connectivity index (χ1v) is 12.4. The summed E-state index contributed by atoms with van der Waals surface area (Å²) in [5, 5.41) is 0. The number of amides is 2. The first-order valence-electron chi connectivity index (χ1n) is 12.4. The average molecular weight is 463 g/mol. The third kappa shape index (κ3) is 5.49. The number of ether oxygens (including phenoxy) is 1. The standard InChI is InChI=1S/C28H34N2O4/c1-20-7-6-8-21(2)30(20)26(31)19-34-25-13-11-24(12-14-25)28(33)29-17-15-23(16-18-29)27(32)22-9-4-3-5-10-22/h3-5,9-14,20-21,23H,6-8,15-19H2,1-2H3/t20-,21-/m1/s1. The Morgan fingerprint density at radius 1 is 0.824 bits per heavy atom. The van der Waals surface area contributed by atoms with Crippen LogP contribution in [-0.2, 0) is 4.79 Å². The number of likely N-dealkylation sites (tertiary alicyclic amines) is 2. The van der Waals surface area contributed by atoms with Crippen molar-refractivity contribution in [1.29, 1.82) is 0 Å². The van der Waals surface area contributed by atoms with Crippen molar-refractivity contribution in [2.45, 2.75) is 58.0 Å². The van der Waals surface area contributed by atoms with Crippen LogP contribution in [0.3, 0.4) is 0 Å². The van der Waals surface area contributed by atoms with Gasteiger partial charge in [0.05, 0.1) is 0 Å². The van der Waals surface area contributed by atoms with Gasteiger partial charge < -0.3 is 14.5 Å². The lowest BCUT2D eigenvalue weighted by atomic mass is 9.88. The molecule has 2 saturated heterocycles. The van der Waals surface area contributed by atoms with Gasteiger partial charge >= 0.3 is 0 Å². The van der Waals surface area contributed by atoms with E-state index in [1.54, 1.807) is 24.3 Å². The van der Waals surface area contributed by atoms with Crippen LogP contribution in [0.4, 0.5) is 0 Å². The Balaban J connectivity index is 1.27. The van der Waals surface area contributed by atoms with Crippen LogP contribution in [0.25, 0.3) is 0 Å². The molecule has 0 radical (unpaired) electrons. The molecule has 0 bridgehead atoms. The quantitative estimate of drug-likeness (QED) is 0.589. The Bertz CT molecular complexity index is 987. The summed E-state index contributed by atoms with van der Waals surface area (Å²) in [7, 11) is 0. The minimum Gasteiger partial charge on any atom is -0.484 e. The van der Waals surface area contributed by atoms with Crippen molar-refractivity contribution in [2.75, 3.05) is 19.7 Å². The summed E-state index contributed by atoms with van der Waals surface area (Å²) in [5.41, 5.74) is 1.33. The lowest BCUT2D eigenvalue weighted by molar-refractivity contribution is -0.139. The van der Waals surface area contributed by atoms with E-state index in [-0.39, 0.29) is 42.2 Å². The van der Waals surface area contributed by atoms with Gasteiger partial charge in [0.25, 0.3) is 11.8 Å². The fraction of sp³-hybridized carbons (Fsp3) is 0.464. The van der Waals surface area contributed by atoms with Crippen LogP contribution in [0.5, 0.6) is 5.75 Å². The van der Waals surface area contributed by atoms with Gasteiger partial charge in [-0.1, -0.05) is 30.3 Å². The molecular weight excluding hydrogens is 428 g/mol. The minimum atomic E-state index is -0.0378. The van der Waals surface area contributed by atoms with Gasteiger partial charge in [-0.05, 0) is 70.2 Å². The first kappa shape index (κ1) is 24.0. The van der Waals surface area contributed by atoms with Crippen LogP contribution in [0, 0.1) is 5.92 Å². The molecule has 2 aliphatic rings. The number of carbonyl (C=O) groups is 3. The van der Waals surface area contributed by atoms with Crippen LogP contribution >= 0.6 is 0 Å². The molecule has 6 heteroatoms. The molecule has 2 fully saturated rings. The van der Waals surface area contributed by atoms with E-state index in [1.165, 1.54) is 0 Å². The Morgan fingerprint density at radius 3 is 2.06 bits per heavy atom. The molecule has 0 aliphatic carbocycles. The zero-order chi connectivity index (χ0) is 24.1. The molecule has 2 amide bonds. The SMILES string of the molecule is C[C@@H]1CCC[C@@H](C)N1C(=O)COc1ccc(C(=O)N2CCC(C(=O)c3ccccc3)CC2)cc1. The summed E-state index contributed by atoms with van der Waals surface area (Å²) in [6.45, 7) is 5.33. The number of nitrogens with zero attached hydrogens (tertiary/aromatic N) is 2. The number of benzene rings is 2. The molecule has 2 aromatic carbocycles. The zero-order valence-electron chi connectivity index (χ0n) is 20.1. The Morgan fingerprint density at radius 2 is 1.44 bits per heavy atom. The van der Waals surface area contributed by atoms with Gasteiger partial charge in [0.2, 0.25) is 0 Å². The van der Waals surface area contributed by atoms with Crippen LogP contribution < -0.4 is 4.74 Å². The molecule has 0 spiro atoms. The van der Waals surface area contributed by atoms with Crippen molar-refractivity contribution in [3.05, 3.63) is 65.7 Å². The fourth-order valence-electron chi connectivity index (χ4n) is 5.19. The van der Waals surface area contributed by atoms with Crippen LogP contribution in [0.15, 0.2) is 54.6 Å². The average Bonchev–Trinajstić information content (AvgIpc) is 2.87. The van der Waals surface area contributed by atoms with E-state index in [2.05, 4.69) is 13.8 Å². The van der Waals surface area contributed by atoms with Crippen molar-refractivity contribution in [3.63, 3.8) is 0 Å². The molecule has 4 rings (SSSR count). The number of Topliss-reactive ketones (excluding diaryl/α,β-unsaturated/α-hetero) is 1. The van der Waals surface area contributed by atoms with Crippen LogP contribution in [0.1, 0.15) is 66.7 Å². The predicted octanol–water partition coefficient (Wildman–Crippen LogP) is 4.59. The van der Waals surface area contributed by atoms with E-state index < -0.39 is 0 Å². The summed E-state index contributed by atoms with van der Waals surface area (Å²) in [5.74, 6) is 0.675. The largest absolute Gasteiger partial charge is 0.484 e. The van der Waals surface area contributed by atoms with Gasteiger partial charge in [-0.3, -0.25) is 14.4 Å². The number of hydrogen-bond acceptors (Lipinski definition) is 4. The molecule has 0 unspecified atom stereocenters. The van der Waals surface area contributed by atoms with E-state index in [0.717, 1.165) is 24.8 Å². The van der Waals surface area contributed by atoms with Crippen molar-refractivity contribution in [3.8, 4) is 5.75 Å². The van der Waals surface area contributed by atoms with Gasteiger partial charge in [0.1, 0.15) is 5.75 Å². The van der Waals surface area contributed by atoms with Gasteiger partial charge in [-0.25, -0.2) is 0 Å². The summed E-state index contributed by atoms with van der Waals surface area (Å²) in [6, 6.07) is 16.8. The maximum atomic E-state index is 12.9. The highest BCUT2D eigenvalue weighted by atomic mass is 16.5. The second-order valence-corrected chi connectivity index (χ2v) is 9.54. The van der Waals surface area contributed by atoms with Crippen LogP contribution in [0.2, 0.25) is 0 Å². The summed E-state index contributed by atoms with van der Waals surface area (Å²) in [6.07, 6.45) is 4.57. The van der Waals surface area contributed by atoms with Gasteiger partial charge in [-0.15, -0.1) is 0 Å². The highest BCUT2D eigenvalue weighted by molar-refractivity contribution is 5.98. The topological polar surface area (TPSA) is 66.9 Å². The summed E-state index contributed by atoms with van der Waals surface area (Å²) < 4.78 is 5.73. The molecule has 2 aliphatic heterocycles. The number of piperidine rings is 2. The Hall–Kier alpha value is -3.15. The van der Waals surface area contributed by atoms with E-state index in [4.69, 9.17) is 4.74 Å². The third-order valence-electron chi connectivity index (χ3n) is 7.16. The third-order valence-corrected chi connectivity index (χ3v) is 7.16. The fourth-order valence-corrected chi connectivity index (χ4v) is 5.19. The minimum absolute atomic E-state index is 0.00489. The van der Waals surface area contributed by atoms with E-state index in [0.29, 0.717) is 37.2 Å². The molecule has 2 atom stereocenters. The maximum Gasteiger partial charge on any atom is 0.260 e. The summed E-state index contributed by atoms with van der Waals surface area (Å²) >= 11 is 0. The lowest BCUT2D eigenvalue weighted by Gasteiger charge is -2.38. The van der Waals surface area contributed by atoms with Crippen molar-refractivity contribution < 1.29 is 19.1 Å². The number of rotatable bonds is 6. The first-order chi connectivity index (χ1) is 16.4. The molecule has 2 heterocycles. The van der Waals surface area contributed by atoms with Gasteiger partial charge in [0.15, 0.2) is 12.4 Å². The molecule has 0 aromatic heterocycles. The van der Waals surface area contributed by atoms with Gasteiger partial charge in [-0.2, -0.15) is 0 Å². The predicted molar refractivity (Wildman–Crippen MR) is 131 cm³/mol. The second kappa shape index (κ2) is 10.9. The normalized spacial score (nSPS) is 21.2. The maximum absolute atomic E-state index is 12.9. The van der Waals surface area contributed by atoms with E-state index >= 15 is 0 Å². The molecule has 0 N–H and O–H groups in total. The highest BCUT2D eigenvalue weighted by Crippen LogP contribution is 2.25. The van der Waals surface area contributed by atoms with Crippen molar-refractivity contribution in [2.24, 2.45) is 5.92 Å². The van der Waals surface area contributed by atoms with Crippen LogP contribution in [-0.4, -0.2) is 59.2 Å². The smallest absolute Gasteiger partial charge is 0.260 e. The van der Waals surface area contributed by atoms with Crippen molar-refractivity contribution >= 4 is 17.6 Å². The number of ketones is 1. The Labute approximate surface area is 201 Å². The molecule has 34 heavy (non-hydrogen) atoms. The van der Waals surface area contributed by atoms with E-state index in [9.17, 15) is 14.4 Å². The lowest BCUT2D eigenvalue weighted by Crippen LogP contribution is -2.49. The Kier molecular flexibility index (Phi) is 7.66. The monoisotopic (exact) mass is 462 g/mol. The molecular formula is C28H34N2O4. The molecule has 2 aromatic rings. The zero-order valence-corrected chi connectivity index (χ0v) is 20.1. The van der Waals surface area contributed by atoms with Gasteiger partial charge in [0, 0.05) is 42.2 Å². The van der Waals surface area contributed by atoms with Crippen molar-refractivity contribution in [1.82, 2.24) is 9.80 Å². The number of carbonyl (C=O) groups excluding carboxylic acids is 3. The highest BCUT2D eigenvalue weighted by Gasteiger charge is 2.30. The second-order valence-electron chi connectivity index (χ2n) is 9.54.